The number of ketones is 1. The summed E-state index contributed by atoms with van der Waals surface area (Å²) in [7, 11) is 0. The summed E-state index contributed by atoms with van der Waals surface area (Å²) < 4.78 is 5.30. The van der Waals surface area contributed by atoms with E-state index in [1.165, 1.54) is 0 Å². The Hall–Kier alpha value is -0.410. The van der Waals surface area contributed by atoms with Crippen molar-refractivity contribution in [1.82, 2.24) is 0 Å². The average Bonchev–Trinajstić information content (AvgIpc) is 2.34. The summed E-state index contributed by atoms with van der Waals surface area (Å²) in [6.07, 6.45) is 1.72. The fourth-order valence-corrected chi connectivity index (χ4v) is 1.18. The highest BCUT2D eigenvalue weighted by Gasteiger charge is 2.26. The normalized spacial score (nSPS) is 32.6. The SMILES string of the molecule is CC(=O)C1CCC(CN)O1. The third kappa shape index (κ3) is 1.55. The van der Waals surface area contributed by atoms with E-state index in [-0.39, 0.29) is 18.0 Å². The molecule has 0 aromatic carbocycles. The Morgan fingerprint density at radius 3 is 2.70 bits per heavy atom. The van der Waals surface area contributed by atoms with Crippen molar-refractivity contribution in [3.05, 3.63) is 0 Å². The van der Waals surface area contributed by atoms with E-state index in [2.05, 4.69) is 0 Å². The van der Waals surface area contributed by atoms with Crippen molar-refractivity contribution < 1.29 is 9.53 Å². The van der Waals surface area contributed by atoms with Gasteiger partial charge in [0.25, 0.3) is 0 Å². The second kappa shape index (κ2) is 3.12. The lowest BCUT2D eigenvalue weighted by molar-refractivity contribution is -0.127. The Balaban J connectivity index is 2.35. The summed E-state index contributed by atoms with van der Waals surface area (Å²) in [6, 6.07) is 0. The minimum atomic E-state index is -0.173. The first-order valence-corrected chi connectivity index (χ1v) is 3.60. The van der Waals surface area contributed by atoms with E-state index in [1.807, 2.05) is 0 Å². The molecule has 0 radical (unpaired) electrons. The van der Waals surface area contributed by atoms with Crippen LogP contribution in [0.2, 0.25) is 0 Å². The molecule has 0 aromatic heterocycles. The van der Waals surface area contributed by atoms with E-state index in [1.54, 1.807) is 6.92 Å². The fraction of sp³-hybridized carbons (Fsp3) is 0.857. The molecule has 1 heterocycles. The van der Waals surface area contributed by atoms with Crippen LogP contribution in [-0.2, 0) is 9.53 Å². The molecular weight excluding hydrogens is 130 g/mol. The molecule has 1 aliphatic heterocycles. The molecule has 0 aliphatic carbocycles. The number of hydrogen-bond donors (Lipinski definition) is 1. The summed E-state index contributed by atoms with van der Waals surface area (Å²) in [4.78, 5) is 10.7. The van der Waals surface area contributed by atoms with E-state index < -0.39 is 0 Å². The average molecular weight is 143 g/mol. The summed E-state index contributed by atoms with van der Waals surface area (Å²) in [6.45, 7) is 2.09. The van der Waals surface area contributed by atoms with Crippen LogP contribution in [-0.4, -0.2) is 24.5 Å². The minimum Gasteiger partial charge on any atom is -0.366 e. The van der Waals surface area contributed by atoms with Crippen LogP contribution in [0.3, 0.4) is 0 Å². The molecule has 2 unspecified atom stereocenters. The minimum absolute atomic E-state index is 0.119. The topological polar surface area (TPSA) is 52.3 Å². The molecular formula is C7H13NO2. The van der Waals surface area contributed by atoms with Crippen LogP contribution in [0.15, 0.2) is 0 Å². The summed E-state index contributed by atoms with van der Waals surface area (Å²) in [5.74, 6) is 0.121. The summed E-state index contributed by atoms with van der Waals surface area (Å²) >= 11 is 0. The molecule has 3 nitrogen and oxygen atoms in total. The predicted molar refractivity (Wildman–Crippen MR) is 37.6 cm³/mol. The van der Waals surface area contributed by atoms with Gasteiger partial charge >= 0.3 is 0 Å². The first-order chi connectivity index (χ1) is 4.74. The number of hydrogen-bond acceptors (Lipinski definition) is 3. The fourth-order valence-electron chi connectivity index (χ4n) is 1.18. The smallest absolute Gasteiger partial charge is 0.158 e. The highest BCUT2D eigenvalue weighted by molar-refractivity contribution is 5.80. The van der Waals surface area contributed by atoms with Gasteiger partial charge in [-0.1, -0.05) is 0 Å². The molecule has 58 valence electrons. The lowest BCUT2D eigenvalue weighted by atomic mass is 10.1. The lowest BCUT2D eigenvalue weighted by Gasteiger charge is -2.07. The number of nitrogens with two attached hydrogens (primary N) is 1. The maximum atomic E-state index is 10.7. The quantitative estimate of drug-likeness (QED) is 0.595. The molecule has 1 saturated heterocycles. The van der Waals surface area contributed by atoms with Crippen LogP contribution in [0.1, 0.15) is 19.8 Å². The van der Waals surface area contributed by atoms with E-state index in [9.17, 15) is 4.79 Å². The maximum absolute atomic E-state index is 10.7. The second-order valence-corrected chi connectivity index (χ2v) is 2.67. The molecule has 0 amide bonds. The van der Waals surface area contributed by atoms with Gasteiger partial charge in [0.05, 0.1) is 6.10 Å². The van der Waals surface area contributed by atoms with Crippen molar-refractivity contribution in [2.45, 2.75) is 32.0 Å². The Bertz CT molecular complexity index is 136. The van der Waals surface area contributed by atoms with Gasteiger partial charge in [0.2, 0.25) is 0 Å². The zero-order valence-corrected chi connectivity index (χ0v) is 6.17. The van der Waals surface area contributed by atoms with Gasteiger partial charge in [-0.25, -0.2) is 0 Å². The molecule has 0 saturated carbocycles. The van der Waals surface area contributed by atoms with E-state index in [0.717, 1.165) is 12.8 Å². The van der Waals surface area contributed by atoms with E-state index in [0.29, 0.717) is 6.54 Å². The van der Waals surface area contributed by atoms with Gasteiger partial charge in [0.1, 0.15) is 6.10 Å². The molecule has 0 aromatic rings. The zero-order valence-electron chi connectivity index (χ0n) is 6.17. The Morgan fingerprint density at radius 2 is 2.40 bits per heavy atom. The van der Waals surface area contributed by atoms with Gasteiger partial charge in [0.15, 0.2) is 5.78 Å². The van der Waals surface area contributed by atoms with Gasteiger partial charge in [-0.15, -0.1) is 0 Å². The predicted octanol–water partition coefficient (Wildman–Crippen LogP) is 0.0817. The highest BCUT2D eigenvalue weighted by Crippen LogP contribution is 2.18. The number of carbonyl (C=O) groups excluding carboxylic acids is 1. The van der Waals surface area contributed by atoms with Crippen molar-refractivity contribution in [3.63, 3.8) is 0 Å². The van der Waals surface area contributed by atoms with E-state index >= 15 is 0 Å². The van der Waals surface area contributed by atoms with Crippen LogP contribution in [0.5, 0.6) is 0 Å². The van der Waals surface area contributed by atoms with Crippen LogP contribution in [0.25, 0.3) is 0 Å². The van der Waals surface area contributed by atoms with Crippen LogP contribution >= 0.6 is 0 Å². The first-order valence-electron chi connectivity index (χ1n) is 3.60. The molecule has 0 bridgehead atoms. The molecule has 10 heavy (non-hydrogen) atoms. The van der Waals surface area contributed by atoms with Gasteiger partial charge in [-0.3, -0.25) is 4.79 Å². The lowest BCUT2D eigenvalue weighted by Crippen LogP contribution is -2.23. The van der Waals surface area contributed by atoms with Crippen molar-refractivity contribution in [3.8, 4) is 0 Å². The largest absolute Gasteiger partial charge is 0.366 e. The van der Waals surface area contributed by atoms with Gasteiger partial charge < -0.3 is 10.5 Å². The highest BCUT2D eigenvalue weighted by atomic mass is 16.5. The van der Waals surface area contributed by atoms with Crippen LogP contribution in [0.4, 0.5) is 0 Å². The molecule has 1 fully saturated rings. The first kappa shape index (κ1) is 7.69. The third-order valence-electron chi connectivity index (χ3n) is 1.82. The molecule has 1 aliphatic rings. The second-order valence-electron chi connectivity index (χ2n) is 2.67. The molecule has 2 atom stereocenters. The molecule has 3 heteroatoms. The van der Waals surface area contributed by atoms with Crippen molar-refractivity contribution in [1.29, 1.82) is 0 Å². The number of Topliss-reactive ketones (excluding diaryl/α,β-unsaturated/α-hetero) is 1. The van der Waals surface area contributed by atoms with Gasteiger partial charge in [0, 0.05) is 6.54 Å². The summed E-state index contributed by atoms with van der Waals surface area (Å²) in [5.41, 5.74) is 5.36. The number of rotatable bonds is 2. The van der Waals surface area contributed by atoms with Crippen LogP contribution < -0.4 is 5.73 Å². The maximum Gasteiger partial charge on any atom is 0.158 e. The molecule has 0 spiro atoms. The summed E-state index contributed by atoms with van der Waals surface area (Å²) in [5, 5.41) is 0. The van der Waals surface area contributed by atoms with Gasteiger partial charge in [-0.2, -0.15) is 0 Å². The Labute approximate surface area is 60.5 Å². The van der Waals surface area contributed by atoms with Crippen molar-refractivity contribution in [2.24, 2.45) is 5.73 Å². The molecule has 2 N–H and O–H groups in total. The van der Waals surface area contributed by atoms with Crippen molar-refractivity contribution >= 4 is 5.78 Å². The van der Waals surface area contributed by atoms with E-state index in [4.69, 9.17) is 10.5 Å². The third-order valence-corrected chi connectivity index (χ3v) is 1.82. The van der Waals surface area contributed by atoms with Gasteiger partial charge in [-0.05, 0) is 19.8 Å². The monoisotopic (exact) mass is 143 g/mol. The zero-order chi connectivity index (χ0) is 7.56. The van der Waals surface area contributed by atoms with Crippen LogP contribution in [0, 0.1) is 0 Å². The molecule has 1 rings (SSSR count). The Kier molecular flexibility index (Phi) is 2.40. The van der Waals surface area contributed by atoms with Crippen molar-refractivity contribution in [2.75, 3.05) is 6.54 Å². The standard InChI is InChI=1S/C7H13NO2/c1-5(9)7-3-2-6(4-8)10-7/h6-7H,2-4,8H2,1H3. The number of carbonyl (C=O) groups is 1. The Morgan fingerprint density at radius 1 is 1.70 bits per heavy atom. The number of ether oxygens (including phenoxy) is 1.